The number of aliphatic hydroxyl groups excluding tert-OH is 2. The average molecular weight is 429 g/mol. The van der Waals surface area contributed by atoms with E-state index in [0.29, 0.717) is 6.10 Å². The summed E-state index contributed by atoms with van der Waals surface area (Å²) in [6.07, 6.45) is 27.1. The Morgan fingerprint density at radius 1 is 0.567 bits per heavy atom. The van der Waals surface area contributed by atoms with Crippen LogP contribution < -0.4 is 0 Å². The van der Waals surface area contributed by atoms with Crippen molar-refractivity contribution in [2.75, 3.05) is 13.2 Å². The van der Waals surface area contributed by atoms with Gasteiger partial charge >= 0.3 is 0 Å². The van der Waals surface area contributed by atoms with Crippen LogP contribution in [0.3, 0.4) is 0 Å². The first-order chi connectivity index (χ1) is 14.7. The van der Waals surface area contributed by atoms with Gasteiger partial charge in [0.15, 0.2) is 0 Å². The molecule has 3 nitrogen and oxygen atoms in total. The monoisotopic (exact) mass is 428 g/mol. The van der Waals surface area contributed by atoms with Gasteiger partial charge in [0.05, 0.1) is 18.8 Å². The molecule has 3 heteroatoms. The van der Waals surface area contributed by atoms with Crippen LogP contribution in [-0.4, -0.2) is 35.6 Å². The molecule has 0 aromatic heterocycles. The highest BCUT2D eigenvalue weighted by Gasteiger charge is 2.06. The molecule has 2 unspecified atom stereocenters. The molecule has 2 N–H and O–H groups in total. The van der Waals surface area contributed by atoms with Gasteiger partial charge in [0.1, 0.15) is 0 Å². The molecule has 0 aromatic carbocycles. The number of aliphatic hydroxyl groups is 2. The predicted octanol–water partition coefficient (Wildman–Crippen LogP) is 7.96. The fourth-order valence-electron chi connectivity index (χ4n) is 4.15. The summed E-state index contributed by atoms with van der Waals surface area (Å²) >= 11 is 0. The SMILES string of the molecule is CCCCCCCCCCCCCCOC(CC)CCCCCCCCC(O)CO. The third-order valence-corrected chi connectivity index (χ3v) is 6.33. The Balaban J connectivity index is 3.30. The summed E-state index contributed by atoms with van der Waals surface area (Å²) in [5, 5.41) is 18.1. The van der Waals surface area contributed by atoms with Gasteiger partial charge in [-0.1, -0.05) is 123 Å². The van der Waals surface area contributed by atoms with Crippen LogP contribution in [0.5, 0.6) is 0 Å². The maximum atomic E-state index is 9.32. The summed E-state index contributed by atoms with van der Waals surface area (Å²) in [4.78, 5) is 0. The van der Waals surface area contributed by atoms with Crippen LogP contribution in [0.15, 0.2) is 0 Å². The highest BCUT2D eigenvalue weighted by molar-refractivity contribution is 4.58. The van der Waals surface area contributed by atoms with Gasteiger partial charge in [0.2, 0.25) is 0 Å². The molecule has 30 heavy (non-hydrogen) atoms. The van der Waals surface area contributed by atoms with Crippen LogP contribution in [0.25, 0.3) is 0 Å². The van der Waals surface area contributed by atoms with Crippen molar-refractivity contribution in [1.82, 2.24) is 0 Å². The zero-order valence-electron chi connectivity index (χ0n) is 20.7. The van der Waals surface area contributed by atoms with E-state index in [2.05, 4.69) is 13.8 Å². The molecule has 0 aromatic rings. The quantitative estimate of drug-likeness (QED) is 0.145. The van der Waals surface area contributed by atoms with Crippen molar-refractivity contribution >= 4 is 0 Å². The summed E-state index contributed by atoms with van der Waals surface area (Å²) in [6.45, 7) is 5.38. The van der Waals surface area contributed by atoms with Crippen molar-refractivity contribution in [2.45, 2.75) is 161 Å². The Hall–Kier alpha value is -0.120. The van der Waals surface area contributed by atoms with Gasteiger partial charge < -0.3 is 14.9 Å². The molecule has 0 rings (SSSR count). The lowest BCUT2D eigenvalue weighted by Gasteiger charge is -2.16. The van der Waals surface area contributed by atoms with Gasteiger partial charge in [-0.05, 0) is 25.7 Å². The van der Waals surface area contributed by atoms with E-state index in [1.54, 1.807) is 0 Å². The molecular formula is C27H56O3. The second-order valence-corrected chi connectivity index (χ2v) is 9.33. The van der Waals surface area contributed by atoms with Crippen molar-refractivity contribution in [3.8, 4) is 0 Å². The van der Waals surface area contributed by atoms with Crippen molar-refractivity contribution in [3.05, 3.63) is 0 Å². The molecule has 0 aliphatic carbocycles. The second-order valence-electron chi connectivity index (χ2n) is 9.33. The molecule has 0 spiro atoms. The molecule has 0 aliphatic rings. The first kappa shape index (κ1) is 29.9. The molecule has 0 radical (unpaired) electrons. The lowest BCUT2D eigenvalue weighted by molar-refractivity contribution is 0.0406. The molecule has 2 atom stereocenters. The first-order valence-electron chi connectivity index (χ1n) is 13.6. The predicted molar refractivity (Wildman–Crippen MR) is 131 cm³/mol. The fourth-order valence-corrected chi connectivity index (χ4v) is 4.15. The molecule has 0 saturated carbocycles. The Bertz CT molecular complexity index is 308. The smallest absolute Gasteiger partial charge is 0.0770 e. The van der Waals surface area contributed by atoms with E-state index < -0.39 is 6.10 Å². The van der Waals surface area contributed by atoms with Gasteiger partial charge in [0.25, 0.3) is 0 Å². The molecule has 0 fully saturated rings. The third kappa shape index (κ3) is 22.6. The van der Waals surface area contributed by atoms with Crippen LogP contribution in [0.2, 0.25) is 0 Å². The van der Waals surface area contributed by atoms with Gasteiger partial charge in [0, 0.05) is 6.61 Å². The van der Waals surface area contributed by atoms with Crippen molar-refractivity contribution in [3.63, 3.8) is 0 Å². The van der Waals surface area contributed by atoms with Gasteiger partial charge in [-0.3, -0.25) is 0 Å². The maximum Gasteiger partial charge on any atom is 0.0770 e. The topological polar surface area (TPSA) is 49.7 Å². The largest absolute Gasteiger partial charge is 0.394 e. The number of unbranched alkanes of at least 4 members (excludes halogenated alkanes) is 16. The minimum atomic E-state index is -0.516. The molecule has 0 amide bonds. The molecule has 182 valence electrons. The first-order valence-corrected chi connectivity index (χ1v) is 13.6. The van der Waals surface area contributed by atoms with E-state index >= 15 is 0 Å². The highest BCUT2D eigenvalue weighted by atomic mass is 16.5. The summed E-state index contributed by atoms with van der Waals surface area (Å²) < 4.78 is 6.12. The van der Waals surface area contributed by atoms with E-state index in [-0.39, 0.29) is 6.61 Å². The van der Waals surface area contributed by atoms with Crippen LogP contribution >= 0.6 is 0 Å². The van der Waals surface area contributed by atoms with E-state index in [4.69, 9.17) is 9.84 Å². The Morgan fingerprint density at radius 2 is 1.00 bits per heavy atom. The van der Waals surface area contributed by atoms with Crippen molar-refractivity contribution < 1.29 is 14.9 Å². The number of ether oxygens (including phenoxy) is 1. The Kier molecular flexibility index (Phi) is 25.0. The van der Waals surface area contributed by atoms with Crippen LogP contribution in [-0.2, 0) is 4.74 Å². The normalized spacial score (nSPS) is 13.6. The van der Waals surface area contributed by atoms with Crippen molar-refractivity contribution in [1.29, 1.82) is 0 Å². The summed E-state index contributed by atoms with van der Waals surface area (Å²) in [5.74, 6) is 0. The average Bonchev–Trinajstić information content (AvgIpc) is 2.76. The zero-order chi connectivity index (χ0) is 22.1. The third-order valence-electron chi connectivity index (χ3n) is 6.33. The number of hydrogen-bond donors (Lipinski definition) is 2. The van der Waals surface area contributed by atoms with Gasteiger partial charge in [-0.2, -0.15) is 0 Å². The molecule has 0 bridgehead atoms. The van der Waals surface area contributed by atoms with E-state index in [0.717, 1.165) is 25.9 Å². The number of rotatable bonds is 25. The zero-order valence-corrected chi connectivity index (χ0v) is 20.7. The molecule has 0 heterocycles. The minimum absolute atomic E-state index is 0.0995. The van der Waals surface area contributed by atoms with Gasteiger partial charge in [-0.15, -0.1) is 0 Å². The maximum absolute atomic E-state index is 9.32. The number of hydrogen-bond acceptors (Lipinski definition) is 3. The van der Waals surface area contributed by atoms with Crippen LogP contribution in [0.1, 0.15) is 149 Å². The van der Waals surface area contributed by atoms with E-state index in [1.165, 1.54) is 116 Å². The molecule has 0 aliphatic heterocycles. The minimum Gasteiger partial charge on any atom is -0.394 e. The lowest BCUT2D eigenvalue weighted by atomic mass is 10.0. The second kappa shape index (κ2) is 25.1. The molecule has 0 saturated heterocycles. The van der Waals surface area contributed by atoms with Crippen LogP contribution in [0, 0.1) is 0 Å². The Labute approximate surface area is 189 Å². The lowest BCUT2D eigenvalue weighted by Crippen LogP contribution is -2.12. The van der Waals surface area contributed by atoms with E-state index in [9.17, 15) is 5.11 Å². The van der Waals surface area contributed by atoms with Crippen LogP contribution in [0.4, 0.5) is 0 Å². The Morgan fingerprint density at radius 3 is 1.47 bits per heavy atom. The summed E-state index contributed by atoms with van der Waals surface area (Å²) in [7, 11) is 0. The highest BCUT2D eigenvalue weighted by Crippen LogP contribution is 2.15. The standard InChI is InChI=1S/C27H56O3/c1-3-5-6-7-8-9-10-11-12-15-18-21-24-30-27(4-2)23-20-17-14-13-16-19-22-26(29)25-28/h26-29H,3-25H2,1-2H3. The summed E-state index contributed by atoms with van der Waals surface area (Å²) in [6, 6.07) is 0. The fraction of sp³-hybridized carbons (Fsp3) is 1.00. The van der Waals surface area contributed by atoms with E-state index in [1.807, 2.05) is 0 Å². The summed E-state index contributed by atoms with van der Waals surface area (Å²) in [5.41, 5.74) is 0. The van der Waals surface area contributed by atoms with Gasteiger partial charge in [-0.25, -0.2) is 0 Å². The van der Waals surface area contributed by atoms with Crippen molar-refractivity contribution in [2.24, 2.45) is 0 Å². The molecular weight excluding hydrogens is 372 g/mol.